The maximum atomic E-state index is 12.8. The van der Waals surface area contributed by atoms with Crippen LogP contribution in [0.1, 0.15) is 13.3 Å². The summed E-state index contributed by atoms with van der Waals surface area (Å²) in [7, 11) is 3.88. The third kappa shape index (κ3) is 3.38. The number of likely N-dealkylation sites (N-methyl/N-ethyl adjacent to an activating group) is 1. The smallest absolute Gasteiger partial charge is 0.377 e. The average Bonchev–Trinajstić information content (AvgIpc) is 2.40. The van der Waals surface area contributed by atoms with Crippen LogP contribution < -0.4 is 5.32 Å². The van der Waals surface area contributed by atoms with Crippen LogP contribution in [-0.2, 0) is 9.53 Å². The Labute approximate surface area is 93.9 Å². The van der Waals surface area contributed by atoms with Crippen molar-refractivity contribution < 1.29 is 18.3 Å². The molecular weight excluding hydrogens is 218 g/mol. The van der Waals surface area contributed by atoms with E-state index in [9.17, 15) is 13.6 Å². The van der Waals surface area contributed by atoms with Crippen LogP contribution in [0.5, 0.6) is 0 Å². The van der Waals surface area contributed by atoms with Crippen LogP contribution in [-0.4, -0.2) is 56.1 Å². The molecule has 1 aliphatic heterocycles. The minimum Gasteiger partial charge on any atom is -0.456 e. The van der Waals surface area contributed by atoms with E-state index in [-0.39, 0.29) is 6.54 Å². The number of ether oxygens (including phenoxy) is 1. The van der Waals surface area contributed by atoms with Gasteiger partial charge < -0.3 is 15.0 Å². The van der Waals surface area contributed by atoms with Crippen molar-refractivity contribution in [3.63, 3.8) is 0 Å². The van der Waals surface area contributed by atoms with Gasteiger partial charge >= 0.3 is 11.9 Å². The molecule has 94 valence electrons. The topological polar surface area (TPSA) is 41.6 Å². The molecule has 16 heavy (non-hydrogen) atoms. The van der Waals surface area contributed by atoms with E-state index in [2.05, 4.69) is 10.1 Å². The highest BCUT2D eigenvalue weighted by Gasteiger charge is 2.50. The van der Waals surface area contributed by atoms with Crippen LogP contribution >= 0.6 is 0 Å². The molecule has 2 atom stereocenters. The Hall–Kier alpha value is -0.750. The molecular formula is C10H18F2N2O2. The number of nitrogens with one attached hydrogen (secondary N) is 1. The molecule has 6 heteroatoms. The van der Waals surface area contributed by atoms with Gasteiger partial charge in [-0.1, -0.05) is 0 Å². The van der Waals surface area contributed by atoms with Gasteiger partial charge in [-0.15, -0.1) is 0 Å². The Kier molecular flexibility index (Phi) is 4.21. The number of hydrogen-bond acceptors (Lipinski definition) is 4. The number of carbonyl (C=O) groups excluding carboxylic acids is 1. The molecule has 0 aromatic rings. The number of rotatable bonds is 5. The molecule has 0 aromatic heterocycles. The van der Waals surface area contributed by atoms with E-state index < -0.39 is 24.4 Å². The largest absolute Gasteiger partial charge is 0.456 e. The van der Waals surface area contributed by atoms with Crippen LogP contribution in [0.4, 0.5) is 8.78 Å². The number of esters is 1. The molecule has 0 amide bonds. The molecule has 4 nitrogen and oxygen atoms in total. The minimum absolute atomic E-state index is 0.277. The highest BCUT2D eigenvalue weighted by molar-refractivity contribution is 5.79. The second-order valence-corrected chi connectivity index (χ2v) is 4.41. The number of halogens is 2. The van der Waals surface area contributed by atoms with Gasteiger partial charge in [0, 0.05) is 19.1 Å². The van der Waals surface area contributed by atoms with Crippen molar-refractivity contribution in [3.05, 3.63) is 0 Å². The molecule has 0 radical (unpaired) electrons. The Morgan fingerprint density at radius 1 is 1.62 bits per heavy atom. The lowest BCUT2D eigenvalue weighted by molar-refractivity contribution is -0.159. The quantitative estimate of drug-likeness (QED) is 0.705. The maximum Gasteiger partial charge on any atom is 0.377 e. The number of nitrogens with zero attached hydrogens (tertiary/aromatic N) is 1. The first kappa shape index (κ1) is 13.3. The van der Waals surface area contributed by atoms with Crippen LogP contribution in [0.25, 0.3) is 0 Å². The predicted octanol–water partition coefficient (Wildman–Crippen LogP) is 0.477. The summed E-state index contributed by atoms with van der Waals surface area (Å²) in [5.41, 5.74) is 0. The van der Waals surface area contributed by atoms with Gasteiger partial charge in [-0.3, -0.25) is 0 Å². The lowest BCUT2D eigenvalue weighted by atomic mass is 10.2. The van der Waals surface area contributed by atoms with E-state index in [0.717, 1.165) is 0 Å². The van der Waals surface area contributed by atoms with Gasteiger partial charge in [0.05, 0.1) is 6.42 Å². The van der Waals surface area contributed by atoms with Gasteiger partial charge in [0.15, 0.2) is 0 Å². The minimum atomic E-state index is -3.31. The van der Waals surface area contributed by atoms with Crippen LogP contribution in [0.2, 0.25) is 0 Å². The van der Waals surface area contributed by atoms with Crippen LogP contribution in [0, 0.1) is 0 Å². The second kappa shape index (κ2) is 5.05. The molecule has 0 spiro atoms. The van der Waals surface area contributed by atoms with E-state index in [1.54, 1.807) is 0 Å². The molecule has 1 heterocycles. The first-order chi connectivity index (χ1) is 7.33. The van der Waals surface area contributed by atoms with E-state index in [4.69, 9.17) is 0 Å². The van der Waals surface area contributed by atoms with Gasteiger partial charge in [0.1, 0.15) is 6.10 Å². The molecule has 0 aromatic carbocycles. The lowest BCUT2D eigenvalue weighted by Crippen LogP contribution is -2.38. The summed E-state index contributed by atoms with van der Waals surface area (Å²) in [5.74, 6) is -4.71. The molecule has 2 unspecified atom stereocenters. The summed E-state index contributed by atoms with van der Waals surface area (Å²) >= 11 is 0. The maximum absolute atomic E-state index is 12.8. The van der Waals surface area contributed by atoms with E-state index in [1.165, 1.54) is 0 Å². The number of alkyl halides is 2. The standard InChI is InChI=1S/C10H18F2N2O2/c1-7(14(2)3)5-13-6-8-4-10(11,12)9(15)16-8/h7-8,13H,4-6H2,1-3H3. The fourth-order valence-corrected chi connectivity index (χ4v) is 1.40. The highest BCUT2D eigenvalue weighted by atomic mass is 19.3. The molecule has 1 fully saturated rings. The van der Waals surface area contributed by atoms with Crippen molar-refractivity contribution >= 4 is 5.97 Å². The van der Waals surface area contributed by atoms with Gasteiger partial charge in [-0.25, -0.2) is 4.79 Å². The van der Waals surface area contributed by atoms with Crippen LogP contribution in [0.15, 0.2) is 0 Å². The van der Waals surface area contributed by atoms with Gasteiger partial charge in [0.25, 0.3) is 0 Å². The SMILES string of the molecule is CC(CNCC1CC(F)(F)C(=O)O1)N(C)C. The monoisotopic (exact) mass is 236 g/mol. The predicted molar refractivity (Wildman–Crippen MR) is 55.5 cm³/mol. The zero-order chi connectivity index (χ0) is 12.3. The first-order valence-corrected chi connectivity index (χ1v) is 5.29. The first-order valence-electron chi connectivity index (χ1n) is 5.29. The van der Waals surface area contributed by atoms with Crippen molar-refractivity contribution in [2.75, 3.05) is 27.2 Å². The van der Waals surface area contributed by atoms with Gasteiger partial charge in [-0.05, 0) is 21.0 Å². The number of hydrogen-bond donors (Lipinski definition) is 1. The molecule has 1 saturated heterocycles. The second-order valence-electron chi connectivity index (χ2n) is 4.41. The Morgan fingerprint density at radius 2 is 2.25 bits per heavy atom. The summed E-state index contributed by atoms with van der Waals surface area (Å²) in [5, 5.41) is 3.01. The van der Waals surface area contributed by atoms with Crippen molar-refractivity contribution in [3.8, 4) is 0 Å². The molecule has 1 N–H and O–H groups in total. The summed E-state index contributed by atoms with van der Waals surface area (Å²) in [6.45, 7) is 2.97. The van der Waals surface area contributed by atoms with E-state index in [1.807, 2.05) is 25.9 Å². The van der Waals surface area contributed by atoms with Crippen molar-refractivity contribution in [1.82, 2.24) is 10.2 Å². The Bertz CT molecular complexity index is 259. The van der Waals surface area contributed by atoms with E-state index in [0.29, 0.717) is 12.6 Å². The molecule has 1 aliphatic rings. The number of carbonyl (C=O) groups is 1. The lowest BCUT2D eigenvalue weighted by Gasteiger charge is -2.20. The molecule has 0 bridgehead atoms. The fourth-order valence-electron chi connectivity index (χ4n) is 1.40. The van der Waals surface area contributed by atoms with Crippen molar-refractivity contribution in [2.24, 2.45) is 0 Å². The average molecular weight is 236 g/mol. The third-order valence-corrected chi connectivity index (χ3v) is 2.75. The molecule has 1 rings (SSSR count). The Morgan fingerprint density at radius 3 is 2.69 bits per heavy atom. The Balaban J connectivity index is 2.23. The summed E-state index contributed by atoms with van der Waals surface area (Å²) in [6, 6.07) is 0.303. The highest BCUT2D eigenvalue weighted by Crippen LogP contribution is 2.30. The normalized spacial score (nSPS) is 25.9. The third-order valence-electron chi connectivity index (χ3n) is 2.75. The van der Waals surface area contributed by atoms with E-state index >= 15 is 0 Å². The summed E-state index contributed by atoms with van der Waals surface area (Å²) in [6.07, 6.45) is -1.23. The van der Waals surface area contributed by atoms with Crippen molar-refractivity contribution in [2.45, 2.75) is 31.4 Å². The zero-order valence-electron chi connectivity index (χ0n) is 9.80. The van der Waals surface area contributed by atoms with Gasteiger partial charge in [-0.2, -0.15) is 8.78 Å². The zero-order valence-corrected chi connectivity index (χ0v) is 9.80. The number of cyclic esters (lactones) is 1. The summed E-state index contributed by atoms with van der Waals surface area (Å²) in [4.78, 5) is 12.7. The molecule has 0 aliphatic carbocycles. The van der Waals surface area contributed by atoms with Crippen LogP contribution in [0.3, 0.4) is 0 Å². The van der Waals surface area contributed by atoms with Gasteiger partial charge in [0.2, 0.25) is 0 Å². The summed E-state index contributed by atoms with van der Waals surface area (Å²) < 4.78 is 30.1. The molecule has 0 saturated carbocycles. The fraction of sp³-hybridized carbons (Fsp3) is 0.900. The van der Waals surface area contributed by atoms with Crippen molar-refractivity contribution in [1.29, 1.82) is 0 Å².